The van der Waals surface area contributed by atoms with Crippen LogP contribution in [-0.4, -0.2) is 41.2 Å². The van der Waals surface area contributed by atoms with Gasteiger partial charge in [-0.2, -0.15) is 4.39 Å². The molecule has 0 atom stereocenters. The lowest BCUT2D eigenvalue weighted by Crippen LogP contribution is -2.63. The Balaban J connectivity index is 1.47. The lowest BCUT2D eigenvalue weighted by molar-refractivity contribution is -0.143. The van der Waals surface area contributed by atoms with Gasteiger partial charge in [0.25, 0.3) is 0 Å². The van der Waals surface area contributed by atoms with Gasteiger partial charge in [-0.05, 0) is 31.3 Å². The van der Waals surface area contributed by atoms with Crippen LogP contribution in [0.2, 0.25) is 0 Å². The minimum absolute atomic E-state index is 0.0489. The Kier molecular flexibility index (Phi) is 5.94. The number of amides is 1. The van der Waals surface area contributed by atoms with Crippen molar-refractivity contribution in [3.63, 3.8) is 0 Å². The molecule has 2 N–H and O–H groups in total. The third kappa shape index (κ3) is 3.79. The molecule has 34 heavy (non-hydrogen) atoms. The lowest BCUT2D eigenvalue weighted by Gasteiger charge is -2.51. The van der Waals surface area contributed by atoms with Crippen molar-refractivity contribution in [2.45, 2.75) is 12.1 Å². The number of ether oxygens (including phenoxy) is 3. The van der Waals surface area contributed by atoms with Gasteiger partial charge in [0.05, 0.1) is 25.4 Å². The van der Waals surface area contributed by atoms with Crippen molar-refractivity contribution in [2.75, 3.05) is 25.0 Å². The average Bonchev–Trinajstić information content (AvgIpc) is 2.82. The van der Waals surface area contributed by atoms with E-state index in [4.69, 9.17) is 14.2 Å². The van der Waals surface area contributed by atoms with Crippen molar-refractivity contribution in [1.29, 1.82) is 0 Å². The highest BCUT2D eigenvalue weighted by atomic mass is 32.2. The molecule has 2 aromatic carbocycles. The molecule has 1 amide bonds. The summed E-state index contributed by atoms with van der Waals surface area (Å²) in [5.41, 5.74) is -0.0479. The number of benzene rings is 2. The molecule has 0 unspecified atom stereocenters. The first-order valence-electron chi connectivity index (χ1n) is 10.2. The highest BCUT2D eigenvalue weighted by molar-refractivity contribution is 7.98. The monoisotopic (exact) mass is 487 g/mol. The molecule has 12 heteroatoms. The van der Waals surface area contributed by atoms with Crippen molar-refractivity contribution in [2.24, 2.45) is 0 Å². The molecule has 2 aliphatic heterocycles. The van der Waals surface area contributed by atoms with Crippen LogP contribution in [0.5, 0.6) is 17.5 Å². The summed E-state index contributed by atoms with van der Waals surface area (Å²) in [4.78, 5) is 22.2. The number of hydrogen-bond donors (Lipinski definition) is 2. The maximum absolute atomic E-state index is 15.3. The fraction of sp³-hybridized carbons (Fsp3) is 0.227. The van der Waals surface area contributed by atoms with Crippen molar-refractivity contribution < 1.29 is 27.8 Å². The molecule has 0 radical (unpaired) electrons. The number of hydrogen-bond acceptors (Lipinski definition) is 9. The maximum atomic E-state index is 15.3. The van der Waals surface area contributed by atoms with Gasteiger partial charge in [-0.1, -0.05) is 12.1 Å². The highest BCUT2D eigenvalue weighted by Crippen LogP contribution is 2.48. The third-order valence-electron chi connectivity index (χ3n) is 5.58. The first kappa shape index (κ1) is 22.3. The van der Waals surface area contributed by atoms with Crippen LogP contribution in [-0.2, 0) is 16.8 Å². The molecular weight excluding hydrogens is 468 g/mol. The van der Waals surface area contributed by atoms with Crippen LogP contribution >= 0.6 is 12.1 Å². The highest BCUT2D eigenvalue weighted by Gasteiger charge is 2.54. The van der Waals surface area contributed by atoms with E-state index >= 15 is 8.78 Å². The smallest absolute Gasteiger partial charge is 0.416 e. The number of anilines is 1. The van der Waals surface area contributed by atoms with Gasteiger partial charge in [0.15, 0.2) is 17.3 Å². The number of nitrogens with zero attached hydrogens (tertiary/aromatic N) is 3. The van der Waals surface area contributed by atoms with E-state index in [0.717, 1.165) is 12.1 Å². The summed E-state index contributed by atoms with van der Waals surface area (Å²) in [5, 5.41) is 0. The minimum atomic E-state index is -0.997. The Hall–Kier alpha value is -3.48. The zero-order valence-corrected chi connectivity index (χ0v) is 18.7. The van der Waals surface area contributed by atoms with Gasteiger partial charge in [0.2, 0.25) is 5.82 Å². The third-order valence-corrected chi connectivity index (χ3v) is 6.11. The number of halogens is 2. The van der Waals surface area contributed by atoms with Gasteiger partial charge < -0.3 is 18.9 Å². The molecule has 0 bridgehead atoms. The number of rotatable bonds is 7. The van der Waals surface area contributed by atoms with Crippen molar-refractivity contribution in [3.8, 4) is 17.5 Å². The Labute approximate surface area is 197 Å². The number of fused-ring (bicyclic) bond motifs is 2. The van der Waals surface area contributed by atoms with Gasteiger partial charge >= 0.3 is 12.1 Å². The van der Waals surface area contributed by atoms with E-state index in [1.165, 1.54) is 23.4 Å². The average molecular weight is 487 g/mol. The summed E-state index contributed by atoms with van der Waals surface area (Å²) in [7, 11) is 1.70. The zero-order valence-electron chi connectivity index (χ0n) is 17.9. The van der Waals surface area contributed by atoms with E-state index in [2.05, 4.69) is 19.4 Å². The minimum Gasteiger partial charge on any atom is -0.421 e. The van der Waals surface area contributed by atoms with Gasteiger partial charge in [-0.3, -0.25) is 4.90 Å². The Bertz CT molecular complexity index is 1230. The molecule has 1 saturated heterocycles. The second-order valence-electron chi connectivity index (χ2n) is 7.55. The van der Waals surface area contributed by atoms with Crippen molar-refractivity contribution in [3.05, 3.63) is 71.6 Å². The number of nitrogens with one attached hydrogen (secondary N) is 2. The molecule has 0 aliphatic carbocycles. The van der Waals surface area contributed by atoms with E-state index in [-0.39, 0.29) is 48.5 Å². The topological polar surface area (TPSA) is 97.8 Å². The predicted molar refractivity (Wildman–Crippen MR) is 119 cm³/mol. The molecule has 9 nitrogen and oxygen atoms in total. The van der Waals surface area contributed by atoms with Gasteiger partial charge in [-0.15, -0.1) is 0 Å². The Morgan fingerprint density at radius 1 is 1.15 bits per heavy atom. The van der Waals surface area contributed by atoms with E-state index in [0.29, 0.717) is 5.56 Å². The predicted octanol–water partition coefficient (Wildman–Crippen LogP) is 3.98. The molecule has 1 fully saturated rings. The molecule has 0 saturated carbocycles. The number of aromatic nitrogens is 2. The maximum Gasteiger partial charge on any atom is 0.416 e. The van der Waals surface area contributed by atoms with Crippen LogP contribution < -0.4 is 18.9 Å². The number of carbonyl (C=O) groups is 1. The van der Waals surface area contributed by atoms with E-state index in [9.17, 15) is 4.79 Å². The summed E-state index contributed by atoms with van der Waals surface area (Å²) in [6.45, 7) is 0.141. The fourth-order valence-corrected chi connectivity index (χ4v) is 4.23. The first-order valence-corrected chi connectivity index (χ1v) is 11.1. The molecule has 2 aliphatic rings. The quantitative estimate of drug-likeness (QED) is 0.480. The van der Waals surface area contributed by atoms with Crippen LogP contribution in [0, 0.1) is 11.6 Å². The molecular formula is C22H19F2N5O4S. The van der Waals surface area contributed by atoms with Crippen molar-refractivity contribution >= 4 is 23.9 Å². The van der Waals surface area contributed by atoms with Crippen molar-refractivity contribution in [1.82, 2.24) is 19.6 Å². The van der Waals surface area contributed by atoms with Crippen LogP contribution in [0.25, 0.3) is 0 Å². The second-order valence-corrected chi connectivity index (χ2v) is 8.37. The van der Waals surface area contributed by atoms with Crippen LogP contribution in [0.4, 0.5) is 19.3 Å². The SMILES string of the molecule is CNSNc1cccc(CN2C(=O)Oc3c(ccc(Oc4ncccn4)c3F)C23COC3)c1F. The second kappa shape index (κ2) is 9.05. The normalized spacial score (nSPS) is 16.0. The van der Waals surface area contributed by atoms with Crippen LogP contribution in [0.15, 0.2) is 48.8 Å². The van der Waals surface area contributed by atoms with E-state index in [1.807, 2.05) is 0 Å². The van der Waals surface area contributed by atoms with E-state index in [1.54, 1.807) is 37.4 Å². The summed E-state index contributed by atoms with van der Waals surface area (Å²) in [6.07, 6.45) is 2.10. The Morgan fingerprint density at radius 2 is 1.94 bits per heavy atom. The molecule has 1 spiro atoms. The fourth-order valence-electron chi connectivity index (χ4n) is 3.86. The van der Waals surface area contributed by atoms with Gasteiger partial charge in [0.1, 0.15) is 5.54 Å². The number of carbonyl (C=O) groups excluding carboxylic acids is 1. The van der Waals surface area contributed by atoms with Crippen LogP contribution in [0.3, 0.4) is 0 Å². The lowest BCUT2D eigenvalue weighted by atomic mass is 9.84. The summed E-state index contributed by atoms with van der Waals surface area (Å²) >= 11 is 1.11. The van der Waals surface area contributed by atoms with Gasteiger partial charge in [-0.25, -0.2) is 23.9 Å². The largest absolute Gasteiger partial charge is 0.421 e. The molecule has 1 aromatic heterocycles. The molecule has 176 valence electrons. The molecule has 3 aromatic rings. The summed E-state index contributed by atoms with van der Waals surface area (Å²) < 4.78 is 52.2. The summed E-state index contributed by atoms with van der Waals surface area (Å²) in [5.74, 6) is -1.80. The standard InChI is InChI=1S/C22H19F2N5O4S/c1-25-34-28-15-5-2-4-13(17(15)23)10-29-21(30)33-19-14(22(29)11-31-12-22)6-7-16(18(19)24)32-20-26-8-3-9-27-20/h2-9,25,28H,10-12H2,1H3. The zero-order chi connectivity index (χ0) is 23.7. The Morgan fingerprint density at radius 3 is 2.65 bits per heavy atom. The summed E-state index contributed by atoms with van der Waals surface area (Å²) in [6, 6.07) is 9.42. The van der Waals surface area contributed by atoms with Crippen LogP contribution in [0.1, 0.15) is 11.1 Å². The first-order chi connectivity index (χ1) is 16.5. The molecule has 3 heterocycles. The van der Waals surface area contributed by atoms with E-state index < -0.39 is 23.3 Å². The van der Waals surface area contributed by atoms with Gasteiger partial charge in [0, 0.05) is 35.7 Å². The molecule has 5 rings (SSSR count).